The van der Waals surface area contributed by atoms with E-state index in [2.05, 4.69) is 81.9 Å². The fourth-order valence-electron chi connectivity index (χ4n) is 3.74. The molecule has 0 spiro atoms. The molecule has 2 aromatic rings. The van der Waals surface area contributed by atoms with Crippen LogP contribution in [0.3, 0.4) is 0 Å². The van der Waals surface area contributed by atoms with E-state index in [1.54, 1.807) is 24.2 Å². The van der Waals surface area contributed by atoms with Crippen LogP contribution in [-0.4, -0.2) is 39.2 Å². The zero-order chi connectivity index (χ0) is 25.1. The largest absolute Gasteiger partial charge is 0.497 e. The minimum atomic E-state index is 0.281. The van der Waals surface area contributed by atoms with Crippen LogP contribution in [0.1, 0.15) is 49.3 Å². The van der Waals surface area contributed by atoms with Gasteiger partial charge in [-0.2, -0.15) is 0 Å². The third-order valence-electron chi connectivity index (χ3n) is 5.38. The molecular formula is C29H46ClN2O+. The minimum absolute atomic E-state index is 0.281. The van der Waals surface area contributed by atoms with E-state index in [0.29, 0.717) is 5.92 Å². The number of hydrogen-bond donors (Lipinski definition) is 2. The molecule has 3 atom stereocenters. The van der Waals surface area contributed by atoms with E-state index in [1.165, 1.54) is 42.5 Å². The number of hydrogen-bond acceptors (Lipinski definition) is 2. The van der Waals surface area contributed by atoms with E-state index in [-0.39, 0.29) is 6.04 Å². The number of benzene rings is 2. The van der Waals surface area contributed by atoms with Crippen molar-refractivity contribution in [2.45, 2.75) is 52.0 Å². The van der Waals surface area contributed by atoms with Gasteiger partial charge in [0.1, 0.15) is 5.75 Å². The van der Waals surface area contributed by atoms with Gasteiger partial charge in [0, 0.05) is 12.8 Å². The van der Waals surface area contributed by atoms with Crippen LogP contribution in [0.5, 0.6) is 5.75 Å². The Balaban J connectivity index is 0.000000989. The van der Waals surface area contributed by atoms with Gasteiger partial charge in [-0.25, -0.2) is 0 Å². The van der Waals surface area contributed by atoms with Crippen LogP contribution >= 0.6 is 11.6 Å². The van der Waals surface area contributed by atoms with Crippen molar-refractivity contribution in [3.8, 4) is 5.75 Å². The first kappa shape index (κ1) is 30.9. The Bertz CT molecular complexity index is 737. The molecule has 33 heavy (non-hydrogen) atoms. The Morgan fingerprint density at radius 2 is 1.55 bits per heavy atom. The summed E-state index contributed by atoms with van der Waals surface area (Å²) in [6, 6.07) is 17.6. The van der Waals surface area contributed by atoms with Crippen LogP contribution in [0.2, 0.25) is 0 Å². The average Bonchev–Trinajstić information content (AvgIpc) is 3.22. The predicted molar refractivity (Wildman–Crippen MR) is 147 cm³/mol. The van der Waals surface area contributed by atoms with Crippen LogP contribution in [0.15, 0.2) is 73.8 Å². The second-order valence-corrected chi connectivity index (χ2v) is 8.22. The molecule has 3 N–H and O–H groups in total. The second-order valence-electron chi connectivity index (χ2n) is 8.22. The molecule has 1 heterocycles. The van der Waals surface area contributed by atoms with Crippen molar-refractivity contribution in [1.29, 1.82) is 0 Å². The van der Waals surface area contributed by atoms with Gasteiger partial charge >= 0.3 is 0 Å². The zero-order valence-corrected chi connectivity index (χ0v) is 22.2. The van der Waals surface area contributed by atoms with Gasteiger partial charge in [-0.1, -0.05) is 87.5 Å². The smallest absolute Gasteiger partial charge is 0.118 e. The Morgan fingerprint density at radius 1 is 1.00 bits per heavy atom. The lowest BCUT2D eigenvalue weighted by Crippen LogP contribution is -3.10. The van der Waals surface area contributed by atoms with E-state index < -0.39 is 0 Å². The normalized spacial score (nSPS) is 18.3. The highest BCUT2D eigenvalue weighted by Gasteiger charge is 2.34. The number of methoxy groups -OCH3 is 1. The lowest BCUT2D eigenvalue weighted by Gasteiger charge is -2.13. The van der Waals surface area contributed by atoms with Gasteiger partial charge in [0.15, 0.2) is 0 Å². The Hall–Kier alpha value is -2.07. The molecule has 2 aromatic carbocycles. The van der Waals surface area contributed by atoms with Crippen LogP contribution in [0, 0.1) is 6.92 Å². The molecule has 3 rings (SSSR count). The van der Waals surface area contributed by atoms with E-state index >= 15 is 0 Å². The minimum Gasteiger partial charge on any atom is -0.497 e. The molecular weight excluding hydrogens is 428 g/mol. The second kappa shape index (κ2) is 19.4. The number of nitrogens with two attached hydrogens (primary N) is 1. The molecule has 0 aliphatic carbocycles. The molecule has 1 saturated heterocycles. The maximum Gasteiger partial charge on any atom is 0.118 e. The Kier molecular flexibility index (Phi) is 18.2. The monoisotopic (exact) mass is 473 g/mol. The summed E-state index contributed by atoms with van der Waals surface area (Å²) >= 11 is 4.64. The van der Waals surface area contributed by atoms with Crippen molar-refractivity contribution in [2.24, 2.45) is 5.73 Å². The van der Waals surface area contributed by atoms with Crippen molar-refractivity contribution in [3.63, 3.8) is 0 Å². The maximum atomic E-state index is 6.42. The molecule has 1 aliphatic rings. The van der Waals surface area contributed by atoms with Crippen molar-refractivity contribution in [3.05, 3.63) is 90.5 Å². The standard InChI is InChI=1S/C21H28N2O.C4H6.C3H8.CH3Cl/c1-16-5-9-18(10-6-16)20-14-23(15-21(20)22)13-3-4-17-7-11-19(24-2)12-8-17;1-3-4-2;1-3-2;1-2/h5-12,20-21H,3-4,13-15,22H2,1-2H3;3-4H,1-2H2;3H2,1-2H3;1H3/p+1. The molecule has 0 amide bonds. The first-order chi connectivity index (χ1) is 16.0. The van der Waals surface area contributed by atoms with Crippen molar-refractivity contribution in [2.75, 3.05) is 33.1 Å². The number of aryl methyl sites for hydroxylation is 2. The summed E-state index contributed by atoms with van der Waals surface area (Å²) in [6.07, 6.45) is 8.33. The van der Waals surface area contributed by atoms with Gasteiger partial charge in [-0.05, 0) is 36.6 Å². The van der Waals surface area contributed by atoms with Crippen LogP contribution < -0.4 is 15.4 Å². The van der Waals surface area contributed by atoms with E-state index in [0.717, 1.165) is 25.3 Å². The molecule has 3 nitrogen and oxygen atoms in total. The molecule has 0 saturated carbocycles. The number of rotatable bonds is 7. The molecule has 4 heteroatoms. The predicted octanol–water partition coefficient (Wildman–Crippen LogP) is 5.58. The zero-order valence-electron chi connectivity index (χ0n) is 21.4. The summed E-state index contributed by atoms with van der Waals surface area (Å²) in [6.45, 7) is 16.5. The number of halogens is 1. The molecule has 0 radical (unpaired) electrons. The number of quaternary nitrogens is 1. The Labute approximate surface area is 208 Å². The summed E-state index contributed by atoms with van der Waals surface area (Å²) in [5, 5.41) is 0. The highest BCUT2D eigenvalue weighted by atomic mass is 35.5. The molecule has 1 aliphatic heterocycles. The van der Waals surface area contributed by atoms with Gasteiger partial charge in [-0.15, -0.1) is 11.6 Å². The summed E-state index contributed by atoms with van der Waals surface area (Å²) in [4.78, 5) is 1.64. The fourth-order valence-corrected chi connectivity index (χ4v) is 3.74. The molecule has 3 unspecified atom stereocenters. The number of alkyl halides is 1. The van der Waals surface area contributed by atoms with Gasteiger partial charge in [0.2, 0.25) is 0 Å². The maximum absolute atomic E-state index is 6.42. The Morgan fingerprint density at radius 3 is 2.03 bits per heavy atom. The van der Waals surface area contributed by atoms with E-state index in [1.807, 2.05) is 12.1 Å². The first-order valence-corrected chi connectivity index (χ1v) is 12.6. The van der Waals surface area contributed by atoms with Crippen molar-refractivity contribution < 1.29 is 9.64 Å². The number of ether oxygens (including phenoxy) is 1. The van der Waals surface area contributed by atoms with Gasteiger partial charge in [-0.3, -0.25) is 0 Å². The number of likely N-dealkylation sites (tertiary alicyclic amines) is 1. The lowest BCUT2D eigenvalue weighted by atomic mass is 9.94. The van der Waals surface area contributed by atoms with Crippen molar-refractivity contribution >= 4 is 11.6 Å². The van der Waals surface area contributed by atoms with Gasteiger partial charge in [0.25, 0.3) is 0 Å². The topological polar surface area (TPSA) is 39.7 Å². The van der Waals surface area contributed by atoms with E-state index in [9.17, 15) is 0 Å². The third kappa shape index (κ3) is 12.7. The summed E-state index contributed by atoms with van der Waals surface area (Å²) in [7, 11) is 1.71. The number of nitrogens with one attached hydrogen (secondary N) is 1. The lowest BCUT2D eigenvalue weighted by molar-refractivity contribution is -0.888. The SMILES string of the molecule is C=CC=C.CCC.CCl.COc1ccc(CCC[NH+]2CC(N)C(c3ccc(C)cc3)C2)cc1. The third-order valence-corrected chi connectivity index (χ3v) is 5.38. The van der Waals surface area contributed by atoms with Crippen LogP contribution in [0.4, 0.5) is 0 Å². The first-order valence-electron chi connectivity index (χ1n) is 11.9. The van der Waals surface area contributed by atoms with Gasteiger partial charge < -0.3 is 15.4 Å². The van der Waals surface area contributed by atoms with Crippen LogP contribution in [-0.2, 0) is 6.42 Å². The quantitative estimate of drug-likeness (QED) is 0.407. The van der Waals surface area contributed by atoms with Gasteiger partial charge in [0.05, 0.1) is 38.7 Å². The summed E-state index contributed by atoms with van der Waals surface area (Å²) in [5.74, 6) is 1.43. The van der Waals surface area contributed by atoms with Crippen molar-refractivity contribution in [1.82, 2.24) is 0 Å². The highest BCUT2D eigenvalue weighted by Crippen LogP contribution is 2.20. The summed E-state index contributed by atoms with van der Waals surface area (Å²) in [5.41, 5.74) is 10.5. The molecule has 184 valence electrons. The highest BCUT2D eigenvalue weighted by molar-refractivity contribution is 6.15. The summed E-state index contributed by atoms with van der Waals surface area (Å²) < 4.78 is 5.21. The number of allylic oxidation sites excluding steroid dienone is 2. The van der Waals surface area contributed by atoms with Crippen LogP contribution in [0.25, 0.3) is 0 Å². The fraction of sp³-hybridized carbons (Fsp3) is 0.448. The molecule has 0 bridgehead atoms. The van der Waals surface area contributed by atoms with E-state index in [4.69, 9.17) is 10.5 Å². The molecule has 0 aromatic heterocycles. The average molecular weight is 474 g/mol. The molecule has 1 fully saturated rings.